The van der Waals surface area contributed by atoms with Crippen LogP contribution in [0.15, 0.2) is 42.5 Å². The summed E-state index contributed by atoms with van der Waals surface area (Å²) in [7, 11) is 1.38. The van der Waals surface area contributed by atoms with Crippen LogP contribution in [0.2, 0.25) is 0 Å². The number of rotatable bonds is 15. The molecule has 12 nitrogen and oxygen atoms in total. The van der Waals surface area contributed by atoms with E-state index in [1.165, 1.54) is 48.0 Å². The Bertz CT molecular complexity index is 1470. The zero-order chi connectivity index (χ0) is 32.5. The maximum Gasteiger partial charge on any atom is 0.286 e. The summed E-state index contributed by atoms with van der Waals surface area (Å²) in [5.41, 5.74) is 0.323. The van der Waals surface area contributed by atoms with E-state index in [0.717, 1.165) is 11.3 Å². The van der Waals surface area contributed by atoms with E-state index in [1.54, 1.807) is 25.1 Å². The van der Waals surface area contributed by atoms with Crippen LogP contribution in [0.5, 0.6) is 17.4 Å². The van der Waals surface area contributed by atoms with Crippen molar-refractivity contribution >= 4 is 23.4 Å². The molecule has 3 atom stereocenters. The van der Waals surface area contributed by atoms with Gasteiger partial charge in [-0.2, -0.15) is 4.98 Å². The second-order valence-electron chi connectivity index (χ2n) is 10.2. The minimum absolute atomic E-state index is 0.0340. The number of benzene rings is 2. The number of methoxy groups -OCH3 is 1. The number of hydrogen-bond acceptors (Lipinski definition) is 11. The molecule has 0 saturated carbocycles. The lowest BCUT2D eigenvalue weighted by molar-refractivity contribution is -0.385. The van der Waals surface area contributed by atoms with E-state index >= 15 is 0 Å². The molecule has 0 aliphatic carbocycles. The number of β-amino-alcohol motifs (C(OH)–C–C–N with tert-alkyl or cyclic N) is 1. The van der Waals surface area contributed by atoms with E-state index in [4.69, 9.17) is 18.9 Å². The number of aryl methyl sites for hydroxylation is 1. The van der Waals surface area contributed by atoms with Gasteiger partial charge in [-0.1, -0.05) is 6.92 Å². The van der Waals surface area contributed by atoms with Crippen LogP contribution in [0.1, 0.15) is 42.9 Å². The second kappa shape index (κ2) is 15.8. The molecule has 2 heterocycles. The molecule has 4 rings (SSSR count). The van der Waals surface area contributed by atoms with Crippen molar-refractivity contribution in [3.63, 3.8) is 0 Å². The van der Waals surface area contributed by atoms with Crippen LogP contribution >= 0.6 is 11.8 Å². The molecule has 242 valence electrons. The monoisotopic (exact) mass is 644 g/mol. The van der Waals surface area contributed by atoms with Crippen molar-refractivity contribution in [2.75, 3.05) is 39.2 Å². The third kappa shape index (κ3) is 8.59. The molecule has 1 unspecified atom stereocenters. The minimum atomic E-state index is -0.772. The number of likely N-dealkylation sites (tertiary alicyclic amines) is 1. The Morgan fingerprint density at radius 1 is 1.16 bits per heavy atom. The predicted molar refractivity (Wildman–Crippen MR) is 166 cm³/mol. The van der Waals surface area contributed by atoms with E-state index in [0.29, 0.717) is 36.8 Å². The highest BCUT2D eigenvalue weighted by Gasteiger charge is 2.42. The zero-order valence-electron chi connectivity index (χ0n) is 25.6. The molecule has 0 spiro atoms. The molecule has 1 N–H and O–H groups in total. The molecule has 1 fully saturated rings. The van der Waals surface area contributed by atoms with E-state index in [-0.39, 0.29) is 48.1 Å². The highest BCUT2D eigenvalue weighted by atomic mass is 32.2. The first-order chi connectivity index (χ1) is 21.6. The fraction of sp³-hybridized carbons (Fsp3) is 0.452. The number of halogens is 1. The van der Waals surface area contributed by atoms with Crippen LogP contribution < -0.4 is 14.2 Å². The maximum atomic E-state index is 13.7. The lowest BCUT2D eigenvalue weighted by atomic mass is 10.1. The molecular formula is C31H37FN4O8S. The number of aliphatic hydroxyl groups excluding tert-OH is 1. The normalized spacial score (nSPS) is 16.8. The fourth-order valence-electron chi connectivity index (χ4n) is 5.03. The standard InChI is InChI=1S/C31H37FN4O8S/c1-5-42-31(45-6-2)26-14-22(37)18-35(26)30(38)23-15-27(41-4)28(17-25(23)36(39)40)43-12-7-13-44-29-16-24(33-19(3)34-29)20-8-10-21(32)11-9-20/h8-11,15-17,22,26,31,37H,5-7,12-14,18H2,1-4H3/t22-,26+,31?/m1/s1. The van der Waals surface area contributed by atoms with Gasteiger partial charge in [-0.3, -0.25) is 14.9 Å². The van der Waals surface area contributed by atoms with Crippen LogP contribution in [0.4, 0.5) is 10.1 Å². The zero-order valence-corrected chi connectivity index (χ0v) is 26.4. The first kappa shape index (κ1) is 33.9. The van der Waals surface area contributed by atoms with Gasteiger partial charge < -0.3 is 29.0 Å². The molecular weight excluding hydrogens is 607 g/mol. The van der Waals surface area contributed by atoms with Gasteiger partial charge >= 0.3 is 0 Å². The molecule has 1 saturated heterocycles. The Kier molecular flexibility index (Phi) is 11.9. The number of carbonyl (C=O) groups is 1. The Hall–Kier alpha value is -4.01. The summed E-state index contributed by atoms with van der Waals surface area (Å²) in [6.45, 7) is 6.35. The third-order valence-electron chi connectivity index (χ3n) is 7.02. The van der Waals surface area contributed by atoms with Crippen molar-refractivity contribution in [2.45, 2.75) is 51.2 Å². The second-order valence-corrected chi connectivity index (χ2v) is 11.5. The first-order valence-corrected chi connectivity index (χ1v) is 15.7. The Balaban J connectivity index is 1.44. The number of aliphatic hydroxyl groups is 1. The summed E-state index contributed by atoms with van der Waals surface area (Å²) in [6.07, 6.45) is -0.0704. The van der Waals surface area contributed by atoms with Gasteiger partial charge in [0.1, 0.15) is 22.6 Å². The Morgan fingerprint density at radius 2 is 1.89 bits per heavy atom. The fourth-order valence-corrected chi connectivity index (χ4v) is 6.07. The molecule has 14 heteroatoms. The van der Waals surface area contributed by atoms with Gasteiger partial charge in [0, 0.05) is 37.3 Å². The van der Waals surface area contributed by atoms with Gasteiger partial charge in [0.05, 0.1) is 49.2 Å². The number of carbonyl (C=O) groups excluding carboxylic acids is 1. The highest BCUT2D eigenvalue weighted by molar-refractivity contribution is 7.99. The molecule has 0 bridgehead atoms. The number of aromatic nitrogens is 2. The molecule has 1 aromatic heterocycles. The van der Waals surface area contributed by atoms with Crippen molar-refractivity contribution in [3.8, 4) is 28.6 Å². The van der Waals surface area contributed by atoms with Crippen molar-refractivity contribution in [3.05, 3.63) is 69.8 Å². The third-order valence-corrected chi connectivity index (χ3v) is 8.13. The summed E-state index contributed by atoms with van der Waals surface area (Å²) in [5.74, 6) is 0.878. The van der Waals surface area contributed by atoms with Crippen LogP contribution in [-0.2, 0) is 4.74 Å². The largest absolute Gasteiger partial charge is 0.493 e. The minimum Gasteiger partial charge on any atom is -0.493 e. The molecule has 1 amide bonds. The molecule has 0 radical (unpaired) electrons. The van der Waals surface area contributed by atoms with Crippen molar-refractivity contribution in [2.24, 2.45) is 0 Å². The van der Waals surface area contributed by atoms with E-state index < -0.39 is 28.7 Å². The summed E-state index contributed by atoms with van der Waals surface area (Å²) in [6, 6.07) is 9.63. The maximum absolute atomic E-state index is 13.7. The van der Waals surface area contributed by atoms with Gasteiger partial charge in [-0.25, -0.2) is 9.37 Å². The lowest BCUT2D eigenvalue weighted by Crippen LogP contribution is -2.43. The van der Waals surface area contributed by atoms with Crippen LogP contribution in [0.3, 0.4) is 0 Å². The topological polar surface area (TPSA) is 146 Å². The number of hydrogen-bond donors (Lipinski definition) is 1. The average Bonchev–Trinajstić information content (AvgIpc) is 3.41. The van der Waals surface area contributed by atoms with E-state index in [2.05, 4.69) is 9.97 Å². The Labute approximate surface area is 265 Å². The summed E-state index contributed by atoms with van der Waals surface area (Å²) < 4.78 is 36.2. The van der Waals surface area contributed by atoms with Gasteiger partial charge in [0.25, 0.3) is 11.6 Å². The van der Waals surface area contributed by atoms with Crippen LogP contribution in [-0.4, -0.2) is 87.6 Å². The van der Waals surface area contributed by atoms with Crippen LogP contribution in [0.25, 0.3) is 11.3 Å². The summed E-state index contributed by atoms with van der Waals surface area (Å²) in [4.78, 5) is 35.3. The number of amides is 1. The van der Waals surface area contributed by atoms with Crippen molar-refractivity contribution in [1.29, 1.82) is 0 Å². The summed E-state index contributed by atoms with van der Waals surface area (Å²) >= 11 is 1.51. The lowest BCUT2D eigenvalue weighted by Gasteiger charge is -2.30. The number of nitrogens with zero attached hydrogens (tertiary/aromatic N) is 4. The number of nitro groups is 1. The molecule has 3 aromatic rings. The summed E-state index contributed by atoms with van der Waals surface area (Å²) in [5, 5.41) is 22.5. The van der Waals surface area contributed by atoms with Gasteiger partial charge in [0.15, 0.2) is 11.5 Å². The average molecular weight is 645 g/mol. The predicted octanol–water partition coefficient (Wildman–Crippen LogP) is 5.05. The number of ether oxygens (including phenoxy) is 4. The number of nitro benzene ring substituents is 1. The van der Waals surface area contributed by atoms with E-state index in [1.807, 2.05) is 13.8 Å². The van der Waals surface area contributed by atoms with Gasteiger partial charge in [-0.15, -0.1) is 11.8 Å². The van der Waals surface area contributed by atoms with E-state index in [9.17, 15) is 24.4 Å². The van der Waals surface area contributed by atoms with Gasteiger partial charge in [-0.05, 0) is 50.3 Å². The van der Waals surface area contributed by atoms with Crippen molar-refractivity contribution < 1.29 is 38.2 Å². The smallest absolute Gasteiger partial charge is 0.286 e. The van der Waals surface area contributed by atoms with Crippen LogP contribution in [0, 0.1) is 22.9 Å². The first-order valence-electron chi connectivity index (χ1n) is 14.6. The highest BCUT2D eigenvalue weighted by Crippen LogP contribution is 2.38. The van der Waals surface area contributed by atoms with Crippen molar-refractivity contribution in [1.82, 2.24) is 14.9 Å². The quantitative estimate of drug-likeness (QED) is 0.103. The molecule has 45 heavy (non-hydrogen) atoms. The molecule has 1 aliphatic rings. The Morgan fingerprint density at radius 3 is 2.56 bits per heavy atom. The molecule has 2 aromatic carbocycles. The van der Waals surface area contributed by atoms with Gasteiger partial charge in [0.2, 0.25) is 5.88 Å². The molecule has 1 aliphatic heterocycles. The number of thioether (sulfide) groups is 1. The SMILES string of the molecule is CCOC(SCC)[C@@H]1C[C@@H](O)CN1C(=O)c1cc(OC)c(OCCCOc2cc(-c3ccc(F)cc3)nc(C)n2)cc1[N+](=O)[O-].